The number of aliphatic hydroxyl groups excluding tert-OH is 1. The summed E-state index contributed by atoms with van der Waals surface area (Å²) >= 11 is 0. The lowest BCUT2D eigenvalue weighted by molar-refractivity contribution is -0.140. The third-order valence-corrected chi connectivity index (χ3v) is 5.40. The van der Waals surface area contributed by atoms with Gasteiger partial charge in [-0.05, 0) is 51.3 Å². The third kappa shape index (κ3) is 4.45. The molecule has 2 aromatic rings. The Labute approximate surface area is 186 Å². The van der Waals surface area contributed by atoms with Gasteiger partial charge in [0.15, 0.2) is 11.6 Å². The smallest absolute Gasteiger partial charge is 0.295 e. The van der Waals surface area contributed by atoms with Crippen molar-refractivity contribution < 1.29 is 28.6 Å². The van der Waals surface area contributed by atoms with Crippen LogP contribution in [0.5, 0.6) is 11.5 Å². The summed E-state index contributed by atoms with van der Waals surface area (Å²) in [4.78, 5) is 29.4. The lowest BCUT2D eigenvalue weighted by Gasteiger charge is -2.27. The Morgan fingerprint density at radius 1 is 1.09 bits per heavy atom. The van der Waals surface area contributed by atoms with Gasteiger partial charge in [0.25, 0.3) is 11.7 Å². The van der Waals surface area contributed by atoms with E-state index in [-0.39, 0.29) is 16.9 Å². The van der Waals surface area contributed by atoms with Crippen LogP contribution in [0.4, 0.5) is 4.39 Å². The fourth-order valence-electron chi connectivity index (χ4n) is 3.85. The summed E-state index contributed by atoms with van der Waals surface area (Å²) in [6.07, 6.45) is 0.628. The van der Waals surface area contributed by atoms with Crippen molar-refractivity contribution in [2.24, 2.45) is 0 Å². The van der Waals surface area contributed by atoms with E-state index in [1.807, 2.05) is 19.0 Å². The molecule has 1 saturated heterocycles. The Hall–Kier alpha value is -3.39. The third-order valence-electron chi connectivity index (χ3n) is 5.40. The van der Waals surface area contributed by atoms with Crippen molar-refractivity contribution >= 4 is 17.4 Å². The van der Waals surface area contributed by atoms with Gasteiger partial charge in [-0.1, -0.05) is 18.2 Å². The zero-order valence-electron chi connectivity index (χ0n) is 18.6. The van der Waals surface area contributed by atoms with Gasteiger partial charge in [0.05, 0.1) is 25.8 Å². The van der Waals surface area contributed by atoms with E-state index in [1.165, 1.54) is 31.3 Å². The van der Waals surface area contributed by atoms with Gasteiger partial charge in [-0.25, -0.2) is 4.39 Å². The molecule has 0 bridgehead atoms. The average Bonchev–Trinajstić information content (AvgIpc) is 3.03. The van der Waals surface area contributed by atoms with Gasteiger partial charge < -0.3 is 24.4 Å². The number of nitrogens with zero attached hydrogens (tertiary/aromatic N) is 2. The first-order chi connectivity index (χ1) is 15.3. The molecule has 1 aliphatic rings. The highest BCUT2D eigenvalue weighted by atomic mass is 19.1. The SMILES string of the molecule is COc1ccc(C(O)=C2C(=O)C(=O)N(CCCN(C)C)[C@H]2c2ccccc2OC)cc1F. The molecule has 7 nitrogen and oxygen atoms in total. The van der Waals surface area contributed by atoms with Crippen molar-refractivity contribution in [1.82, 2.24) is 9.80 Å². The number of benzene rings is 2. The van der Waals surface area contributed by atoms with Crippen LogP contribution in [0.3, 0.4) is 0 Å². The second kappa shape index (κ2) is 9.82. The average molecular weight is 442 g/mol. The lowest BCUT2D eigenvalue weighted by Crippen LogP contribution is -2.32. The molecular weight excluding hydrogens is 415 g/mol. The number of halogens is 1. The van der Waals surface area contributed by atoms with Gasteiger partial charge in [0, 0.05) is 17.7 Å². The van der Waals surface area contributed by atoms with E-state index in [4.69, 9.17) is 9.47 Å². The highest BCUT2D eigenvalue weighted by molar-refractivity contribution is 6.46. The first kappa shape index (κ1) is 23.3. The Balaban J connectivity index is 2.15. The number of likely N-dealkylation sites (tertiary alicyclic amines) is 1. The van der Waals surface area contributed by atoms with Crippen molar-refractivity contribution in [3.63, 3.8) is 0 Å². The molecule has 1 atom stereocenters. The molecule has 32 heavy (non-hydrogen) atoms. The van der Waals surface area contributed by atoms with Gasteiger partial charge in [0.1, 0.15) is 11.5 Å². The monoisotopic (exact) mass is 442 g/mol. The summed E-state index contributed by atoms with van der Waals surface area (Å²) < 4.78 is 24.7. The van der Waals surface area contributed by atoms with Crippen molar-refractivity contribution in [1.29, 1.82) is 0 Å². The summed E-state index contributed by atoms with van der Waals surface area (Å²) in [7, 11) is 6.67. The maximum Gasteiger partial charge on any atom is 0.295 e. The van der Waals surface area contributed by atoms with Crippen LogP contribution < -0.4 is 9.47 Å². The second-order valence-electron chi connectivity index (χ2n) is 7.74. The number of methoxy groups -OCH3 is 2. The number of carbonyl (C=O) groups is 2. The molecule has 0 radical (unpaired) electrons. The minimum atomic E-state index is -0.863. The molecule has 1 aliphatic heterocycles. The molecule has 0 saturated carbocycles. The Kier molecular flexibility index (Phi) is 7.15. The molecule has 1 heterocycles. The van der Waals surface area contributed by atoms with E-state index in [0.717, 1.165) is 6.07 Å². The van der Waals surface area contributed by atoms with Crippen LogP contribution in [0.25, 0.3) is 5.76 Å². The Morgan fingerprint density at radius 3 is 2.41 bits per heavy atom. The van der Waals surface area contributed by atoms with Gasteiger partial charge in [-0.15, -0.1) is 0 Å². The molecule has 1 amide bonds. The molecule has 0 unspecified atom stereocenters. The fourth-order valence-corrected chi connectivity index (χ4v) is 3.85. The second-order valence-corrected chi connectivity index (χ2v) is 7.74. The molecule has 8 heteroatoms. The van der Waals surface area contributed by atoms with Crippen LogP contribution in [0.1, 0.15) is 23.6 Å². The van der Waals surface area contributed by atoms with Crippen LogP contribution in [0.15, 0.2) is 48.0 Å². The highest BCUT2D eigenvalue weighted by Gasteiger charge is 2.46. The topological polar surface area (TPSA) is 79.3 Å². The normalized spacial score (nSPS) is 17.8. The highest BCUT2D eigenvalue weighted by Crippen LogP contribution is 2.42. The minimum absolute atomic E-state index is 0.00645. The largest absolute Gasteiger partial charge is 0.507 e. The van der Waals surface area contributed by atoms with Crippen LogP contribution in [-0.4, -0.2) is 68.0 Å². The molecule has 3 rings (SSSR count). The zero-order chi connectivity index (χ0) is 23.4. The first-order valence-corrected chi connectivity index (χ1v) is 10.2. The first-order valence-electron chi connectivity index (χ1n) is 10.2. The number of carbonyl (C=O) groups excluding carboxylic acids is 2. The number of ketones is 1. The molecule has 0 spiro atoms. The number of para-hydroxylation sites is 1. The maximum atomic E-state index is 14.3. The van der Waals surface area contributed by atoms with Crippen molar-refractivity contribution in [2.75, 3.05) is 41.4 Å². The molecule has 0 aliphatic carbocycles. The summed E-state index contributed by atoms with van der Waals surface area (Å²) in [6.45, 7) is 1.02. The van der Waals surface area contributed by atoms with Crippen molar-refractivity contribution in [2.45, 2.75) is 12.5 Å². The summed E-state index contributed by atoms with van der Waals surface area (Å²) in [5.74, 6) is -2.19. The maximum absolute atomic E-state index is 14.3. The Bertz CT molecular complexity index is 1050. The Morgan fingerprint density at radius 2 is 1.78 bits per heavy atom. The number of aliphatic hydroxyl groups is 1. The van der Waals surface area contributed by atoms with E-state index >= 15 is 0 Å². The number of amides is 1. The summed E-state index contributed by atoms with van der Waals surface area (Å²) in [6, 6.07) is 10.0. The fraction of sp³-hybridized carbons (Fsp3) is 0.333. The molecule has 0 aromatic heterocycles. The van der Waals surface area contributed by atoms with E-state index in [0.29, 0.717) is 30.8 Å². The van der Waals surface area contributed by atoms with E-state index < -0.39 is 29.3 Å². The molecule has 170 valence electrons. The van der Waals surface area contributed by atoms with Gasteiger partial charge in [-0.2, -0.15) is 0 Å². The molecule has 2 aromatic carbocycles. The molecule has 1 N–H and O–H groups in total. The van der Waals surface area contributed by atoms with Crippen LogP contribution >= 0.6 is 0 Å². The number of ether oxygens (including phenoxy) is 2. The summed E-state index contributed by atoms with van der Waals surface area (Å²) in [5.41, 5.74) is 0.540. The number of rotatable bonds is 8. The number of hydrogen-bond donors (Lipinski definition) is 1. The molecule has 1 fully saturated rings. The quantitative estimate of drug-likeness (QED) is 0.384. The van der Waals surface area contributed by atoms with Crippen LogP contribution in [-0.2, 0) is 9.59 Å². The molecular formula is C24H27FN2O5. The van der Waals surface area contributed by atoms with E-state index in [1.54, 1.807) is 24.3 Å². The number of hydrogen-bond acceptors (Lipinski definition) is 6. The zero-order valence-corrected chi connectivity index (χ0v) is 18.6. The predicted molar refractivity (Wildman–Crippen MR) is 118 cm³/mol. The number of Topliss-reactive ketones (excluding diaryl/α,β-unsaturated/α-hetero) is 1. The van der Waals surface area contributed by atoms with Crippen LogP contribution in [0.2, 0.25) is 0 Å². The predicted octanol–water partition coefficient (Wildman–Crippen LogP) is 3.22. The van der Waals surface area contributed by atoms with Crippen molar-refractivity contribution in [3.05, 3.63) is 65.0 Å². The van der Waals surface area contributed by atoms with Crippen LogP contribution in [0, 0.1) is 5.82 Å². The standard InChI is InChI=1S/C24H27FN2O5/c1-26(2)12-7-13-27-21(16-8-5-6-9-18(16)31-3)20(23(29)24(27)30)22(28)15-10-11-19(32-4)17(25)14-15/h5-6,8-11,14,21,28H,7,12-13H2,1-4H3/t21-/m0/s1. The van der Waals surface area contributed by atoms with Gasteiger partial charge in [-0.3, -0.25) is 9.59 Å². The van der Waals surface area contributed by atoms with Crippen molar-refractivity contribution in [3.8, 4) is 11.5 Å². The minimum Gasteiger partial charge on any atom is -0.507 e. The van der Waals surface area contributed by atoms with E-state index in [2.05, 4.69) is 0 Å². The lowest BCUT2D eigenvalue weighted by atomic mass is 9.94. The van der Waals surface area contributed by atoms with Gasteiger partial charge in [0.2, 0.25) is 0 Å². The van der Waals surface area contributed by atoms with E-state index in [9.17, 15) is 19.1 Å². The van der Waals surface area contributed by atoms with Gasteiger partial charge >= 0.3 is 0 Å². The summed E-state index contributed by atoms with van der Waals surface area (Å²) in [5, 5.41) is 11.0.